The first-order valence-corrected chi connectivity index (χ1v) is 7.02. The molecule has 4 atom stereocenters. The van der Waals surface area contributed by atoms with Crippen LogP contribution in [0.2, 0.25) is 0 Å². The van der Waals surface area contributed by atoms with Crippen LogP contribution in [0.5, 0.6) is 0 Å². The van der Waals surface area contributed by atoms with Crippen molar-refractivity contribution in [2.24, 2.45) is 0 Å². The molecule has 0 bridgehead atoms. The maximum Gasteiger partial charge on any atom is 0.337 e. The molecule has 1 saturated heterocycles. The van der Waals surface area contributed by atoms with Crippen LogP contribution in [-0.2, 0) is 14.3 Å². The first-order chi connectivity index (χ1) is 9.46. The predicted molar refractivity (Wildman–Crippen MR) is 70.9 cm³/mol. The number of rotatable bonds is 1. The number of hydrogen-bond donors (Lipinski definition) is 2. The lowest BCUT2D eigenvalue weighted by Crippen LogP contribution is -2.30. The Morgan fingerprint density at radius 1 is 1.50 bits per heavy atom. The van der Waals surface area contributed by atoms with E-state index in [1.807, 2.05) is 13.8 Å². The summed E-state index contributed by atoms with van der Waals surface area (Å²) in [5, 5.41) is 19.8. The smallest absolute Gasteiger partial charge is 0.337 e. The standard InChI is InChI=1S/C15H20O5/c1-8-4-3-5-15(2)13(20-15)12-11(10(17)6-8)9(7-16)14(18)19-12/h4,10,12-13,16-17H,3,5-7H2,1-2H3/b8-4-/t10-,12-,13-,15+/m0/s1. The van der Waals surface area contributed by atoms with Crippen LogP contribution in [0.3, 0.4) is 0 Å². The van der Waals surface area contributed by atoms with Gasteiger partial charge in [-0.25, -0.2) is 4.79 Å². The van der Waals surface area contributed by atoms with E-state index in [2.05, 4.69) is 6.08 Å². The van der Waals surface area contributed by atoms with Gasteiger partial charge in [0, 0.05) is 5.57 Å². The molecule has 2 N–H and O–H groups in total. The highest BCUT2D eigenvalue weighted by molar-refractivity contribution is 5.93. The third-order valence-electron chi connectivity index (χ3n) is 4.52. The minimum atomic E-state index is -0.809. The van der Waals surface area contributed by atoms with E-state index in [1.54, 1.807) is 0 Å². The molecule has 3 aliphatic rings. The number of epoxide rings is 1. The second-order valence-electron chi connectivity index (χ2n) is 6.08. The van der Waals surface area contributed by atoms with Crippen molar-refractivity contribution in [3.05, 3.63) is 22.8 Å². The molecule has 5 nitrogen and oxygen atoms in total. The first-order valence-electron chi connectivity index (χ1n) is 7.02. The van der Waals surface area contributed by atoms with Crippen LogP contribution in [0.15, 0.2) is 22.8 Å². The number of aliphatic hydroxyl groups excluding tert-OH is 2. The highest BCUT2D eigenvalue weighted by atomic mass is 16.6. The molecule has 0 radical (unpaired) electrons. The molecule has 0 aromatic rings. The van der Waals surface area contributed by atoms with Gasteiger partial charge in [0.1, 0.15) is 6.10 Å². The molecule has 20 heavy (non-hydrogen) atoms. The van der Waals surface area contributed by atoms with E-state index in [1.165, 1.54) is 0 Å². The average Bonchev–Trinajstić information content (AvgIpc) is 2.92. The fourth-order valence-electron chi connectivity index (χ4n) is 3.25. The molecule has 0 aromatic heterocycles. The summed E-state index contributed by atoms with van der Waals surface area (Å²) in [6.45, 7) is 3.55. The van der Waals surface area contributed by atoms with Gasteiger partial charge in [-0.1, -0.05) is 11.6 Å². The Bertz CT molecular complexity index is 506. The van der Waals surface area contributed by atoms with E-state index in [4.69, 9.17) is 9.47 Å². The van der Waals surface area contributed by atoms with Crippen LogP contribution >= 0.6 is 0 Å². The first kappa shape index (κ1) is 13.8. The fourth-order valence-corrected chi connectivity index (χ4v) is 3.25. The van der Waals surface area contributed by atoms with Gasteiger partial charge in [0.05, 0.1) is 23.9 Å². The molecule has 0 amide bonds. The van der Waals surface area contributed by atoms with Crippen LogP contribution in [0.25, 0.3) is 0 Å². The lowest BCUT2D eigenvalue weighted by Gasteiger charge is -2.20. The van der Waals surface area contributed by atoms with E-state index in [9.17, 15) is 15.0 Å². The summed E-state index contributed by atoms with van der Waals surface area (Å²) >= 11 is 0. The zero-order valence-corrected chi connectivity index (χ0v) is 11.8. The predicted octanol–water partition coefficient (Wildman–Crippen LogP) is 0.849. The van der Waals surface area contributed by atoms with E-state index in [-0.39, 0.29) is 17.3 Å². The Hall–Kier alpha value is -1.17. The highest BCUT2D eigenvalue weighted by Crippen LogP contribution is 2.48. The second kappa shape index (κ2) is 4.69. The van der Waals surface area contributed by atoms with Gasteiger partial charge < -0.3 is 19.7 Å². The van der Waals surface area contributed by atoms with Gasteiger partial charge in [-0.3, -0.25) is 0 Å². The Balaban J connectivity index is 2.00. The number of fused-ring (bicyclic) bond motifs is 3. The van der Waals surface area contributed by atoms with Crippen LogP contribution in [0, 0.1) is 0 Å². The second-order valence-corrected chi connectivity index (χ2v) is 6.08. The summed E-state index contributed by atoms with van der Waals surface area (Å²) in [6.07, 6.45) is 2.72. The number of esters is 1. The van der Waals surface area contributed by atoms with E-state index >= 15 is 0 Å². The molecule has 1 fully saturated rings. The van der Waals surface area contributed by atoms with Crippen molar-refractivity contribution in [3.63, 3.8) is 0 Å². The van der Waals surface area contributed by atoms with Crippen molar-refractivity contribution in [1.29, 1.82) is 0 Å². The van der Waals surface area contributed by atoms with E-state index in [0.29, 0.717) is 12.0 Å². The average molecular weight is 280 g/mol. The Kier molecular flexibility index (Phi) is 3.23. The fraction of sp³-hybridized carbons (Fsp3) is 0.667. The molecule has 0 aromatic carbocycles. The largest absolute Gasteiger partial charge is 0.451 e. The highest BCUT2D eigenvalue weighted by Gasteiger charge is 2.60. The monoisotopic (exact) mass is 280 g/mol. The zero-order valence-electron chi connectivity index (χ0n) is 11.8. The Morgan fingerprint density at radius 2 is 2.25 bits per heavy atom. The third kappa shape index (κ3) is 2.10. The van der Waals surface area contributed by atoms with E-state index in [0.717, 1.165) is 18.4 Å². The van der Waals surface area contributed by atoms with Crippen LogP contribution in [-0.4, -0.2) is 46.7 Å². The van der Waals surface area contributed by atoms with Gasteiger partial charge in [0.25, 0.3) is 0 Å². The third-order valence-corrected chi connectivity index (χ3v) is 4.52. The molecular formula is C15H20O5. The number of hydrogen-bond acceptors (Lipinski definition) is 5. The lowest BCUT2D eigenvalue weighted by atomic mass is 9.87. The maximum absolute atomic E-state index is 11.8. The Labute approximate surface area is 117 Å². The van der Waals surface area contributed by atoms with Gasteiger partial charge >= 0.3 is 5.97 Å². The molecule has 0 saturated carbocycles. The maximum atomic E-state index is 11.8. The quantitative estimate of drug-likeness (QED) is 0.423. The lowest BCUT2D eigenvalue weighted by molar-refractivity contribution is -0.141. The minimum absolute atomic E-state index is 0.189. The van der Waals surface area contributed by atoms with Crippen molar-refractivity contribution in [2.45, 2.75) is 57.0 Å². The molecule has 0 spiro atoms. The number of carbonyl (C=O) groups excluding carboxylic acids is 1. The van der Waals surface area contributed by atoms with Crippen molar-refractivity contribution in [2.75, 3.05) is 6.61 Å². The van der Waals surface area contributed by atoms with Crippen molar-refractivity contribution < 1.29 is 24.5 Å². The summed E-state index contributed by atoms with van der Waals surface area (Å²) < 4.78 is 11.1. The molecule has 0 unspecified atom stereocenters. The van der Waals surface area contributed by atoms with Crippen LogP contribution < -0.4 is 0 Å². The van der Waals surface area contributed by atoms with Gasteiger partial charge in [-0.2, -0.15) is 0 Å². The van der Waals surface area contributed by atoms with Crippen molar-refractivity contribution in [1.82, 2.24) is 0 Å². The summed E-state index contributed by atoms with van der Waals surface area (Å²) in [4.78, 5) is 11.8. The van der Waals surface area contributed by atoms with Gasteiger partial charge in [-0.05, 0) is 33.1 Å². The van der Waals surface area contributed by atoms with Crippen LogP contribution in [0.1, 0.15) is 33.1 Å². The topological polar surface area (TPSA) is 79.3 Å². The summed E-state index contributed by atoms with van der Waals surface area (Å²) in [6, 6.07) is 0. The Morgan fingerprint density at radius 3 is 2.95 bits per heavy atom. The minimum Gasteiger partial charge on any atom is -0.451 e. The summed E-state index contributed by atoms with van der Waals surface area (Å²) in [5.41, 5.74) is 1.45. The van der Waals surface area contributed by atoms with Gasteiger partial charge in [0.2, 0.25) is 0 Å². The summed E-state index contributed by atoms with van der Waals surface area (Å²) in [7, 11) is 0. The molecule has 5 heteroatoms. The number of aliphatic hydroxyl groups is 2. The van der Waals surface area contributed by atoms with Gasteiger partial charge in [-0.15, -0.1) is 0 Å². The molecule has 2 aliphatic heterocycles. The molecular weight excluding hydrogens is 260 g/mol. The van der Waals surface area contributed by atoms with Crippen molar-refractivity contribution >= 4 is 5.97 Å². The zero-order chi connectivity index (χ0) is 14.5. The van der Waals surface area contributed by atoms with Gasteiger partial charge in [0.15, 0.2) is 6.10 Å². The normalized spacial score (nSPS) is 43.3. The molecule has 1 aliphatic carbocycles. The molecule has 3 rings (SSSR count). The molecule has 110 valence electrons. The van der Waals surface area contributed by atoms with E-state index < -0.39 is 24.8 Å². The van der Waals surface area contributed by atoms with Crippen LogP contribution in [0.4, 0.5) is 0 Å². The summed E-state index contributed by atoms with van der Waals surface area (Å²) in [5.74, 6) is -0.537. The number of allylic oxidation sites excluding steroid dienone is 1. The van der Waals surface area contributed by atoms with Crippen molar-refractivity contribution in [3.8, 4) is 0 Å². The SMILES string of the molecule is C/C1=C/CC[C@@]2(C)O[C@H]2[C@H]2OC(=O)C(CO)=C2[C@@H](O)C1. The molecule has 2 heterocycles. The number of ether oxygens (including phenoxy) is 2. The number of carbonyl (C=O) groups is 1.